The van der Waals surface area contributed by atoms with Gasteiger partial charge in [0.25, 0.3) is 5.91 Å². The Labute approximate surface area is 153 Å². The van der Waals surface area contributed by atoms with Gasteiger partial charge in [-0.3, -0.25) is 9.59 Å². The van der Waals surface area contributed by atoms with Crippen molar-refractivity contribution in [3.63, 3.8) is 0 Å². The van der Waals surface area contributed by atoms with Crippen molar-refractivity contribution in [2.75, 3.05) is 18.4 Å². The number of carboxylic acids is 1. The Hall–Kier alpha value is -2.37. The van der Waals surface area contributed by atoms with E-state index in [0.717, 1.165) is 38.8 Å². The van der Waals surface area contributed by atoms with Gasteiger partial charge < -0.3 is 20.1 Å². The number of rotatable bonds is 4. The third-order valence-corrected chi connectivity index (χ3v) is 5.45. The Balaban J connectivity index is 1.62. The van der Waals surface area contributed by atoms with Crippen LogP contribution in [0.4, 0.5) is 5.69 Å². The number of anilines is 1. The molecule has 1 aliphatic heterocycles. The number of hydrogen-bond donors (Lipinski definition) is 1. The number of hydrogen-bond acceptors (Lipinski definition) is 4. The highest BCUT2D eigenvalue weighted by molar-refractivity contribution is 5.97. The Bertz CT molecular complexity index is 665. The van der Waals surface area contributed by atoms with Crippen LogP contribution in [-0.4, -0.2) is 35.8 Å². The minimum absolute atomic E-state index is 0.0203. The summed E-state index contributed by atoms with van der Waals surface area (Å²) >= 11 is 0. The average molecular weight is 357 g/mol. The van der Waals surface area contributed by atoms with Gasteiger partial charge in [-0.15, -0.1) is 0 Å². The van der Waals surface area contributed by atoms with Crippen molar-refractivity contribution in [1.82, 2.24) is 4.90 Å². The van der Waals surface area contributed by atoms with Gasteiger partial charge >= 0.3 is 0 Å². The van der Waals surface area contributed by atoms with E-state index in [1.54, 1.807) is 24.3 Å². The Kier molecular flexibility index (Phi) is 5.91. The first kappa shape index (κ1) is 18.4. The SMILES string of the molecule is O=C([O-])[C@H]1CCCC[C@H]1C(=O)Nc1ccc(C(=O)N2CCCCC2)cc1. The maximum Gasteiger partial charge on any atom is 0.253 e. The highest BCUT2D eigenvalue weighted by Crippen LogP contribution is 2.30. The van der Waals surface area contributed by atoms with E-state index < -0.39 is 17.8 Å². The van der Waals surface area contributed by atoms with Crippen LogP contribution in [-0.2, 0) is 9.59 Å². The quantitative estimate of drug-likeness (QED) is 0.890. The number of benzene rings is 1. The van der Waals surface area contributed by atoms with E-state index in [1.807, 2.05) is 4.90 Å². The van der Waals surface area contributed by atoms with Crippen LogP contribution < -0.4 is 10.4 Å². The predicted octanol–water partition coefficient (Wildman–Crippen LogP) is 1.81. The van der Waals surface area contributed by atoms with Gasteiger partial charge in [-0.25, -0.2) is 0 Å². The standard InChI is InChI=1S/C20H26N2O4/c23-18(16-6-2-3-7-17(16)20(25)26)21-15-10-8-14(9-11-15)19(24)22-12-4-1-5-13-22/h8-11,16-17H,1-7,12-13H2,(H,21,23)(H,25,26)/p-1/t16-,17+/m1/s1. The highest BCUT2D eigenvalue weighted by Gasteiger charge is 2.31. The molecule has 0 radical (unpaired) electrons. The molecule has 0 bridgehead atoms. The summed E-state index contributed by atoms with van der Waals surface area (Å²) in [6, 6.07) is 6.82. The lowest BCUT2D eigenvalue weighted by molar-refractivity contribution is -0.313. The molecule has 0 spiro atoms. The largest absolute Gasteiger partial charge is 0.550 e. The average Bonchev–Trinajstić information content (AvgIpc) is 2.68. The molecule has 1 aromatic carbocycles. The highest BCUT2D eigenvalue weighted by atomic mass is 16.4. The maximum atomic E-state index is 12.5. The van der Waals surface area contributed by atoms with E-state index in [9.17, 15) is 19.5 Å². The zero-order valence-electron chi connectivity index (χ0n) is 14.9. The van der Waals surface area contributed by atoms with Gasteiger partial charge in [0, 0.05) is 42.1 Å². The van der Waals surface area contributed by atoms with Gasteiger partial charge in [-0.05, 0) is 56.4 Å². The van der Waals surface area contributed by atoms with Crippen molar-refractivity contribution in [2.24, 2.45) is 11.8 Å². The van der Waals surface area contributed by atoms with Gasteiger partial charge in [-0.1, -0.05) is 12.8 Å². The summed E-state index contributed by atoms with van der Waals surface area (Å²) in [4.78, 5) is 38.1. The van der Waals surface area contributed by atoms with E-state index in [4.69, 9.17) is 0 Å². The Morgan fingerprint density at radius 2 is 1.50 bits per heavy atom. The molecule has 26 heavy (non-hydrogen) atoms. The molecule has 2 atom stereocenters. The molecule has 1 aliphatic carbocycles. The minimum atomic E-state index is -1.15. The molecule has 140 valence electrons. The molecule has 1 N–H and O–H groups in total. The zero-order valence-corrected chi connectivity index (χ0v) is 14.9. The zero-order chi connectivity index (χ0) is 18.5. The lowest BCUT2D eigenvalue weighted by atomic mass is 9.78. The Morgan fingerprint density at radius 1 is 0.885 bits per heavy atom. The summed E-state index contributed by atoms with van der Waals surface area (Å²) < 4.78 is 0. The topological polar surface area (TPSA) is 89.5 Å². The van der Waals surface area contributed by atoms with Crippen LogP contribution in [0.2, 0.25) is 0 Å². The molecule has 1 saturated heterocycles. The number of carbonyl (C=O) groups excluding carboxylic acids is 3. The van der Waals surface area contributed by atoms with Crippen molar-refractivity contribution in [1.29, 1.82) is 0 Å². The second-order valence-corrected chi connectivity index (χ2v) is 7.24. The van der Waals surface area contributed by atoms with Crippen LogP contribution in [0.25, 0.3) is 0 Å². The maximum absolute atomic E-state index is 12.5. The Morgan fingerprint density at radius 3 is 2.12 bits per heavy atom. The van der Waals surface area contributed by atoms with Crippen molar-refractivity contribution >= 4 is 23.5 Å². The van der Waals surface area contributed by atoms with Crippen LogP contribution >= 0.6 is 0 Å². The van der Waals surface area contributed by atoms with Crippen molar-refractivity contribution in [3.05, 3.63) is 29.8 Å². The molecule has 0 aromatic heterocycles. The third kappa shape index (κ3) is 4.23. The summed E-state index contributed by atoms with van der Waals surface area (Å²) in [5.74, 6) is -2.68. The molecule has 2 aliphatic rings. The molecule has 2 amide bonds. The summed E-state index contributed by atoms with van der Waals surface area (Å²) in [5, 5.41) is 14.0. The fourth-order valence-electron chi connectivity index (χ4n) is 3.94. The fraction of sp³-hybridized carbons (Fsp3) is 0.550. The summed E-state index contributed by atoms with van der Waals surface area (Å²) in [7, 11) is 0. The number of piperidine rings is 1. The normalized spacial score (nSPS) is 23.3. The number of nitrogens with one attached hydrogen (secondary N) is 1. The number of carboxylic acid groups (broad SMARTS) is 1. The lowest BCUT2D eigenvalue weighted by Gasteiger charge is -2.31. The van der Waals surface area contributed by atoms with E-state index in [-0.39, 0.29) is 11.8 Å². The number of nitrogens with zero attached hydrogens (tertiary/aromatic N) is 1. The van der Waals surface area contributed by atoms with Crippen molar-refractivity contribution in [2.45, 2.75) is 44.9 Å². The monoisotopic (exact) mass is 357 g/mol. The first-order valence-corrected chi connectivity index (χ1v) is 9.47. The number of likely N-dealkylation sites (tertiary alicyclic amines) is 1. The van der Waals surface area contributed by atoms with E-state index in [2.05, 4.69) is 5.32 Å². The minimum Gasteiger partial charge on any atom is -0.550 e. The molecular weight excluding hydrogens is 332 g/mol. The number of carbonyl (C=O) groups is 3. The molecule has 1 saturated carbocycles. The molecule has 6 heteroatoms. The summed E-state index contributed by atoms with van der Waals surface area (Å²) in [6.07, 6.45) is 5.98. The molecule has 0 unspecified atom stereocenters. The predicted molar refractivity (Wildman–Crippen MR) is 95.3 cm³/mol. The fourth-order valence-corrected chi connectivity index (χ4v) is 3.94. The molecule has 3 rings (SSSR count). The van der Waals surface area contributed by atoms with E-state index in [1.165, 1.54) is 6.42 Å². The van der Waals surface area contributed by atoms with Gasteiger partial charge in [0.15, 0.2) is 0 Å². The van der Waals surface area contributed by atoms with Gasteiger partial charge in [-0.2, -0.15) is 0 Å². The number of aliphatic carboxylic acids is 1. The van der Waals surface area contributed by atoms with Crippen LogP contribution in [0.3, 0.4) is 0 Å². The van der Waals surface area contributed by atoms with Crippen molar-refractivity contribution in [3.8, 4) is 0 Å². The summed E-state index contributed by atoms with van der Waals surface area (Å²) in [5.41, 5.74) is 1.18. The van der Waals surface area contributed by atoms with Crippen LogP contribution in [0.1, 0.15) is 55.3 Å². The van der Waals surface area contributed by atoms with Gasteiger partial charge in [0.2, 0.25) is 5.91 Å². The van der Waals surface area contributed by atoms with Crippen LogP contribution in [0.5, 0.6) is 0 Å². The van der Waals surface area contributed by atoms with Gasteiger partial charge in [0.05, 0.1) is 0 Å². The molecule has 1 aromatic rings. The second kappa shape index (κ2) is 8.34. The van der Waals surface area contributed by atoms with E-state index >= 15 is 0 Å². The smallest absolute Gasteiger partial charge is 0.253 e. The van der Waals surface area contributed by atoms with Gasteiger partial charge in [0.1, 0.15) is 0 Å². The lowest BCUT2D eigenvalue weighted by Crippen LogP contribution is -2.42. The first-order valence-electron chi connectivity index (χ1n) is 9.47. The van der Waals surface area contributed by atoms with Crippen LogP contribution in [0.15, 0.2) is 24.3 Å². The number of amides is 2. The van der Waals surface area contributed by atoms with Crippen molar-refractivity contribution < 1.29 is 19.5 Å². The molecule has 2 fully saturated rings. The third-order valence-electron chi connectivity index (χ3n) is 5.45. The molecule has 6 nitrogen and oxygen atoms in total. The second-order valence-electron chi connectivity index (χ2n) is 7.24. The summed E-state index contributed by atoms with van der Waals surface area (Å²) in [6.45, 7) is 1.59. The van der Waals surface area contributed by atoms with E-state index in [0.29, 0.717) is 24.1 Å². The molecular formula is C20H25N2O4-. The molecule has 1 heterocycles. The van der Waals surface area contributed by atoms with Crippen LogP contribution in [0, 0.1) is 11.8 Å². The first-order chi connectivity index (χ1) is 12.6.